The Morgan fingerprint density at radius 1 is 0.895 bits per heavy atom. The predicted octanol–water partition coefficient (Wildman–Crippen LogP) is 4.99. The van der Waals surface area contributed by atoms with Crippen LogP contribution in [-0.4, -0.2) is 30.2 Å². The molecule has 0 aromatic carbocycles. The van der Waals surface area contributed by atoms with Crippen LogP contribution in [0.5, 0.6) is 0 Å². The number of nitrogens with one attached hydrogen (secondary N) is 1. The summed E-state index contributed by atoms with van der Waals surface area (Å²) < 4.78 is 5.63. The van der Waals surface area contributed by atoms with Crippen LogP contribution in [0.25, 0.3) is 0 Å². The van der Waals surface area contributed by atoms with E-state index in [0.717, 1.165) is 16.6 Å². The molecule has 0 radical (unpaired) electrons. The number of hydrogen-bond donors (Lipinski definition) is 1. The second-order valence-electron chi connectivity index (χ2n) is 7.39. The van der Waals surface area contributed by atoms with Crippen molar-refractivity contribution in [2.24, 2.45) is 0 Å². The Hall–Kier alpha value is 0.354. The van der Waals surface area contributed by atoms with Crippen molar-refractivity contribution in [1.29, 1.82) is 0 Å². The Bertz CT molecular complexity index is 231. The van der Waals surface area contributed by atoms with Crippen molar-refractivity contribution < 1.29 is 4.43 Å². The van der Waals surface area contributed by atoms with Crippen LogP contribution in [0.2, 0.25) is 35.8 Å². The molecule has 1 N–H and O–H groups in total. The molecule has 0 aromatic heterocycles. The zero-order valence-electron chi connectivity index (χ0n) is 14.8. The molecule has 0 aliphatic heterocycles. The van der Waals surface area contributed by atoms with Crippen LogP contribution in [0, 0.1) is 0 Å². The summed E-state index contributed by atoms with van der Waals surface area (Å²) in [7, 11) is -0.919. The first-order chi connectivity index (χ1) is 8.60. The molecular formula is C15H37NOSi2. The summed E-state index contributed by atoms with van der Waals surface area (Å²) in [6, 6.07) is 1.26. The van der Waals surface area contributed by atoms with E-state index in [1.54, 1.807) is 0 Å². The van der Waals surface area contributed by atoms with Gasteiger partial charge in [0.2, 0.25) is 0 Å². The van der Waals surface area contributed by atoms with E-state index in [2.05, 4.69) is 59.6 Å². The third-order valence-corrected chi connectivity index (χ3v) is 14.1. The van der Waals surface area contributed by atoms with Gasteiger partial charge in [0.15, 0.2) is 8.32 Å². The van der Waals surface area contributed by atoms with Crippen LogP contribution in [-0.2, 0) is 4.43 Å². The van der Waals surface area contributed by atoms with Gasteiger partial charge in [-0.05, 0) is 48.7 Å². The molecule has 0 amide bonds. The maximum Gasteiger partial charge on any atom is 0.186 e. The zero-order valence-corrected chi connectivity index (χ0v) is 16.8. The molecule has 0 aromatic rings. The molecule has 2 nitrogen and oxygen atoms in total. The zero-order chi connectivity index (χ0) is 15.3. The summed E-state index contributed by atoms with van der Waals surface area (Å²) in [6.07, 6.45) is 1.26. The van der Waals surface area contributed by atoms with Crippen molar-refractivity contribution in [2.75, 3.05) is 13.7 Å². The lowest BCUT2D eigenvalue weighted by molar-refractivity contribution is 0.402. The van der Waals surface area contributed by atoms with Gasteiger partial charge in [0, 0.05) is 7.11 Å². The smallest absolute Gasteiger partial charge is 0.186 e. The molecular weight excluding hydrogens is 266 g/mol. The molecule has 0 saturated heterocycles. The van der Waals surface area contributed by atoms with Gasteiger partial charge < -0.3 is 9.41 Å². The second kappa shape index (κ2) is 7.96. The van der Waals surface area contributed by atoms with Gasteiger partial charge in [0.1, 0.15) is 8.24 Å². The first-order valence-corrected chi connectivity index (χ1v) is 13.2. The lowest BCUT2D eigenvalue weighted by atomic mass is 10.5. The highest BCUT2D eigenvalue weighted by atomic mass is 28.4. The van der Waals surface area contributed by atoms with Crippen LogP contribution in [0.4, 0.5) is 0 Å². The summed E-state index contributed by atoms with van der Waals surface area (Å²) >= 11 is 0. The van der Waals surface area contributed by atoms with Crippen LogP contribution < -0.4 is 4.98 Å². The van der Waals surface area contributed by atoms with Crippen LogP contribution in [0.1, 0.15) is 48.0 Å². The minimum atomic E-state index is -1.41. The molecule has 0 fully saturated rings. The van der Waals surface area contributed by atoms with E-state index < -0.39 is 16.6 Å². The largest absolute Gasteiger partial charge is 0.420 e. The minimum absolute atomic E-state index is 0.792. The fourth-order valence-corrected chi connectivity index (χ4v) is 10.6. The quantitative estimate of drug-likeness (QED) is 0.478. The van der Waals surface area contributed by atoms with Gasteiger partial charge in [0.05, 0.1) is 0 Å². The Morgan fingerprint density at radius 3 is 1.63 bits per heavy atom. The van der Waals surface area contributed by atoms with Crippen molar-refractivity contribution in [1.82, 2.24) is 4.98 Å². The van der Waals surface area contributed by atoms with Crippen LogP contribution in [0.3, 0.4) is 0 Å². The number of rotatable bonds is 9. The van der Waals surface area contributed by atoms with Gasteiger partial charge in [-0.25, -0.2) is 0 Å². The third kappa shape index (κ3) is 5.33. The first-order valence-electron chi connectivity index (χ1n) is 7.90. The van der Waals surface area contributed by atoms with E-state index in [1.165, 1.54) is 19.0 Å². The first kappa shape index (κ1) is 19.4. The molecule has 0 heterocycles. The summed E-state index contributed by atoms with van der Waals surface area (Å²) in [6.45, 7) is 20.2. The summed E-state index contributed by atoms with van der Waals surface area (Å²) in [4.78, 5) is 4.03. The molecule has 0 atom stereocenters. The molecule has 19 heavy (non-hydrogen) atoms. The Balaban J connectivity index is 4.53. The fourth-order valence-electron chi connectivity index (χ4n) is 3.53. The molecule has 0 rings (SSSR count). The van der Waals surface area contributed by atoms with E-state index >= 15 is 0 Å². The lowest BCUT2D eigenvalue weighted by Crippen LogP contribution is -2.58. The summed E-state index contributed by atoms with van der Waals surface area (Å²) in [5.74, 6) is 0. The van der Waals surface area contributed by atoms with E-state index in [9.17, 15) is 0 Å². The molecule has 0 bridgehead atoms. The second-order valence-corrected chi connectivity index (χ2v) is 17.5. The Kier molecular flexibility index (Phi) is 8.11. The normalized spacial score (nSPS) is 13.9. The van der Waals surface area contributed by atoms with E-state index in [-0.39, 0.29) is 0 Å². The summed E-state index contributed by atoms with van der Waals surface area (Å²) in [5, 5.41) is 0. The Labute approximate surface area is 123 Å². The molecule has 4 heteroatoms. The molecule has 0 spiro atoms. The van der Waals surface area contributed by atoms with Gasteiger partial charge in [-0.1, -0.05) is 41.5 Å². The fraction of sp³-hybridized carbons (Fsp3) is 1.00. The average molecular weight is 304 g/mol. The highest BCUT2D eigenvalue weighted by Crippen LogP contribution is 2.38. The maximum atomic E-state index is 5.63. The molecule has 0 aliphatic rings. The predicted molar refractivity (Wildman–Crippen MR) is 93.0 cm³/mol. The van der Waals surface area contributed by atoms with Crippen molar-refractivity contribution in [3.8, 4) is 0 Å². The molecule has 0 aliphatic carbocycles. The summed E-state index contributed by atoms with van der Waals surface area (Å²) in [5.41, 5.74) is 2.38. The van der Waals surface area contributed by atoms with Crippen molar-refractivity contribution in [3.63, 3.8) is 0 Å². The monoisotopic (exact) mass is 303 g/mol. The molecule has 0 saturated carbocycles. The highest BCUT2D eigenvalue weighted by molar-refractivity contribution is 6.81. The van der Waals surface area contributed by atoms with Gasteiger partial charge in [-0.2, -0.15) is 0 Å². The van der Waals surface area contributed by atoms with Crippen LogP contribution in [0.15, 0.2) is 0 Å². The molecule has 0 unspecified atom stereocenters. The van der Waals surface area contributed by atoms with E-state index in [4.69, 9.17) is 4.43 Å². The Morgan fingerprint density at radius 2 is 1.32 bits per heavy atom. The molecule has 116 valence electrons. The van der Waals surface area contributed by atoms with E-state index in [0.29, 0.717) is 0 Å². The standard InChI is InChI=1S/C15H37NOSi2/c1-13(2)19(14(3)4,15(5)6)16-11-10-12-18(8,9)17-7/h13-16H,10-12H2,1-9H3. The van der Waals surface area contributed by atoms with Gasteiger partial charge in [0.25, 0.3) is 0 Å². The van der Waals surface area contributed by atoms with Crippen molar-refractivity contribution >= 4 is 16.6 Å². The maximum absolute atomic E-state index is 5.63. The average Bonchev–Trinajstić information content (AvgIpc) is 2.27. The lowest BCUT2D eigenvalue weighted by Gasteiger charge is -2.43. The van der Waals surface area contributed by atoms with Crippen molar-refractivity contribution in [2.45, 2.75) is 83.7 Å². The van der Waals surface area contributed by atoms with E-state index in [1.807, 2.05) is 7.11 Å². The topological polar surface area (TPSA) is 21.3 Å². The van der Waals surface area contributed by atoms with Gasteiger partial charge >= 0.3 is 0 Å². The highest BCUT2D eigenvalue weighted by Gasteiger charge is 2.42. The van der Waals surface area contributed by atoms with Gasteiger partial charge in [-0.15, -0.1) is 0 Å². The van der Waals surface area contributed by atoms with Crippen LogP contribution >= 0.6 is 0 Å². The number of hydrogen-bond acceptors (Lipinski definition) is 2. The third-order valence-electron chi connectivity index (χ3n) is 4.81. The van der Waals surface area contributed by atoms with Gasteiger partial charge in [-0.3, -0.25) is 0 Å². The minimum Gasteiger partial charge on any atom is -0.420 e. The van der Waals surface area contributed by atoms with Crippen molar-refractivity contribution in [3.05, 3.63) is 0 Å². The SMILES string of the molecule is CO[Si](C)(C)CCCN[Si](C(C)C)(C(C)C)C(C)C.